The molecule has 1 rings (SSSR count). The molecule has 0 amide bonds. The summed E-state index contributed by atoms with van der Waals surface area (Å²) in [6.07, 6.45) is 1.15. The van der Waals surface area contributed by atoms with Crippen LogP contribution in [-0.2, 0) is 15.1 Å². The molecule has 1 aromatic carbocycles. The lowest BCUT2D eigenvalue weighted by Crippen LogP contribution is -2.38. The number of carbonyl (C=O) groups excluding carboxylic acids is 1. The molecule has 0 aromatic heterocycles. The zero-order valence-corrected chi connectivity index (χ0v) is 12.1. The molecule has 0 aliphatic rings. The molecule has 0 saturated heterocycles. The molecule has 0 aliphatic heterocycles. The van der Waals surface area contributed by atoms with Gasteiger partial charge in [0.15, 0.2) is 0 Å². The van der Waals surface area contributed by atoms with E-state index < -0.39 is 17.5 Å². The predicted octanol–water partition coefficient (Wildman–Crippen LogP) is 2.28. The van der Waals surface area contributed by atoms with Crippen molar-refractivity contribution in [1.29, 1.82) is 0 Å². The Morgan fingerprint density at radius 3 is 2.25 bits per heavy atom. The van der Waals surface area contributed by atoms with Crippen molar-refractivity contribution in [2.45, 2.75) is 39.2 Å². The topological polar surface area (TPSA) is 87.0 Å². The van der Waals surface area contributed by atoms with Gasteiger partial charge in [-0.2, -0.15) is 0 Å². The summed E-state index contributed by atoms with van der Waals surface area (Å²) in [6.45, 7) is 5.33. The minimum absolute atomic E-state index is 0.167. The monoisotopic (exact) mass is 282 g/mol. The second kappa shape index (κ2) is 6.61. The lowest BCUT2D eigenvalue weighted by atomic mass is 9.80. The van der Waals surface area contributed by atoms with Crippen LogP contribution >= 0.6 is 0 Å². The Hall–Kier alpha value is -1.75. The van der Waals surface area contributed by atoms with Gasteiger partial charge in [0, 0.05) is 6.07 Å². The first-order valence-corrected chi connectivity index (χ1v) is 6.75. The van der Waals surface area contributed by atoms with E-state index >= 15 is 0 Å². The molecule has 0 saturated carbocycles. The van der Waals surface area contributed by atoms with Crippen LogP contribution in [0.3, 0.4) is 0 Å². The summed E-state index contributed by atoms with van der Waals surface area (Å²) in [7, 11) is 0. The van der Waals surface area contributed by atoms with Crippen LogP contribution < -0.4 is 0 Å². The first-order valence-electron chi connectivity index (χ1n) is 6.75. The Bertz CT molecular complexity index is 447. The van der Waals surface area contributed by atoms with Gasteiger partial charge in [0.25, 0.3) is 0 Å². The van der Waals surface area contributed by atoms with Crippen LogP contribution in [0.5, 0.6) is 11.5 Å². The Kier molecular flexibility index (Phi) is 5.39. The van der Waals surface area contributed by atoms with Gasteiger partial charge >= 0.3 is 5.97 Å². The second-order valence-corrected chi connectivity index (χ2v) is 4.98. The highest BCUT2D eigenvalue weighted by molar-refractivity contribution is 5.74. The van der Waals surface area contributed by atoms with E-state index in [9.17, 15) is 20.1 Å². The number of aromatic hydroxyl groups is 2. The van der Waals surface area contributed by atoms with Crippen LogP contribution in [-0.4, -0.2) is 27.9 Å². The molecule has 112 valence electrons. The van der Waals surface area contributed by atoms with Gasteiger partial charge in [0.05, 0.1) is 12.5 Å². The fourth-order valence-corrected chi connectivity index (χ4v) is 2.25. The van der Waals surface area contributed by atoms with E-state index in [1.54, 1.807) is 6.92 Å². The summed E-state index contributed by atoms with van der Waals surface area (Å²) in [5.41, 5.74) is -1.25. The number of phenolic OH excluding ortho intramolecular Hbond substituents is 2. The minimum Gasteiger partial charge on any atom is -0.508 e. The molecule has 2 unspecified atom stereocenters. The molecular weight excluding hydrogens is 260 g/mol. The number of hydrogen-bond acceptors (Lipinski definition) is 5. The first kappa shape index (κ1) is 16.3. The summed E-state index contributed by atoms with van der Waals surface area (Å²) in [5, 5.41) is 29.7. The van der Waals surface area contributed by atoms with Crippen LogP contribution in [0.4, 0.5) is 0 Å². The van der Waals surface area contributed by atoms with Gasteiger partial charge in [-0.15, -0.1) is 0 Å². The number of carbonyl (C=O) groups is 1. The first-order chi connectivity index (χ1) is 9.32. The third-order valence-electron chi connectivity index (χ3n) is 3.31. The highest BCUT2D eigenvalue weighted by Crippen LogP contribution is 2.36. The molecule has 0 heterocycles. The molecule has 5 heteroatoms. The van der Waals surface area contributed by atoms with E-state index in [0.717, 1.165) is 0 Å². The van der Waals surface area contributed by atoms with Gasteiger partial charge < -0.3 is 20.1 Å². The maximum atomic E-state index is 12.0. The smallest absolute Gasteiger partial charge is 0.312 e. The van der Waals surface area contributed by atoms with E-state index in [4.69, 9.17) is 4.74 Å². The normalized spacial score (nSPS) is 15.4. The lowest BCUT2D eigenvalue weighted by Gasteiger charge is -2.31. The zero-order chi connectivity index (χ0) is 15.3. The van der Waals surface area contributed by atoms with Crippen molar-refractivity contribution in [3.8, 4) is 11.5 Å². The van der Waals surface area contributed by atoms with Crippen LogP contribution in [0, 0.1) is 5.92 Å². The fourth-order valence-electron chi connectivity index (χ4n) is 2.25. The second-order valence-electron chi connectivity index (χ2n) is 4.98. The largest absolute Gasteiger partial charge is 0.508 e. The molecule has 0 aliphatic carbocycles. The Balaban J connectivity index is 3.17. The molecule has 0 bridgehead atoms. The quantitative estimate of drug-likeness (QED) is 0.697. The van der Waals surface area contributed by atoms with E-state index in [1.165, 1.54) is 25.1 Å². The molecule has 1 aromatic rings. The molecule has 5 nitrogen and oxygen atoms in total. The van der Waals surface area contributed by atoms with E-state index in [1.807, 2.05) is 6.92 Å². The SMILES string of the molecule is CCCC(C(=O)OCC)C(C)(O)c1cc(O)cc(O)c1. The van der Waals surface area contributed by atoms with Gasteiger partial charge in [-0.1, -0.05) is 13.3 Å². The van der Waals surface area contributed by atoms with E-state index in [0.29, 0.717) is 12.8 Å². The molecule has 0 fully saturated rings. The van der Waals surface area contributed by atoms with Crippen molar-refractivity contribution >= 4 is 5.97 Å². The lowest BCUT2D eigenvalue weighted by molar-refractivity contribution is -0.158. The van der Waals surface area contributed by atoms with Gasteiger partial charge in [0.1, 0.15) is 17.1 Å². The number of esters is 1. The highest BCUT2D eigenvalue weighted by atomic mass is 16.5. The molecule has 20 heavy (non-hydrogen) atoms. The summed E-state index contributed by atoms with van der Waals surface area (Å²) < 4.78 is 5.00. The number of aliphatic hydroxyl groups is 1. The molecule has 3 N–H and O–H groups in total. The molecule has 0 radical (unpaired) electrons. The minimum atomic E-state index is -1.53. The zero-order valence-electron chi connectivity index (χ0n) is 12.1. The van der Waals surface area contributed by atoms with Crippen molar-refractivity contribution in [3.05, 3.63) is 23.8 Å². The maximum Gasteiger partial charge on any atom is 0.312 e. The third-order valence-corrected chi connectivity index (χ3v) is 3.31. The van der Waals surface area contributed by atoms with Crippen LogP contribution in [0.25, 0.3) is 0 Å². The summed E-state index contributed by atoms with van der Waals surface area (Å²) in [4.78, 5) is 12.0. The van der Waals surface area contributed by atoms with Gasteiger partial charge in [-0.05, 0) is 38.0 Å². The average molecular weight is 282 g/mol. The Labute approximate surface area is 118 Å². The maximum absolute atomic E-state index is 12.0. The van der Waals surface area contributed by atoms with Crippen molar-refractivity contribution in [2.24, 2.45) is 5.92 Å². The number of rotatable bonds is 6. The van der Waals surface area contributed by atoms with Gasteiger partial charge in [-0.3, -0.25) is 4.79 Å². The van der Waals surface area contributed by atoms with Crippen LogP contribution in [0.2, 0.25) is 0 Å². The Morgan fingerprint density at radius 2 is 1.80 bits per heavy atom. The molecule has 2 atom stereocenters. The van der Waals surface area contributed by atoms with Crippen LogP contribution in [0.15, 0.2) is 18.2 Å². The number of ether oxygens (including phenoxy) is 1. The van der Waals surface area contributed by atoms with Crippen molar-refractivity contribution < 1.29 is 24.9 Å². The summed E-state index contributed by atoms with van der Waals surface area (Å²) >= 11 is 0. The predicted molar refractivity (Wildman–Crippen MR) is 74.4 cm³/mol. The Morgan fingerprint density at radius 1 is 1.25 bits per heavy atom. The van der Waals surface area contributed by atoms with E-state index in [-0.39, 0.29) is 23.7 Å². The van der Waals surface area contributed by atoms with Crippen molar-refractivity contribution in [3.63, 3.8) is 0 Å². The van der Waals surface area contributed by atoms with Gasteiger partial charge in [0.2, 0.25) is 0 Å². The third kappa shape index (κ3) is 3.63. The van der Waals surface area contributed by atoms with Crippen LogP contribution in [0.1, 0.15) is 39.2 Å². The average Bonchev–Trinajstić information content (AvgIpc) is 2.34. The molecule has 0 spiro atoms. The van der Waals surface area contributed by atoms with Crippen molar-refractivity contribution in [1.82, 2.24) is 0 Å². The molecular formula is C15H22O5. The van der Waals surface area contributed by atoms with E-state index in [2.05, 4.69) is 0 Å². The number of phenols is 2. The summed E-state index contributed by atoms with van der Waals surface area (Å²) in [5.74, 6) is -1.57. The fraction of sp³-hybridized carbons (Fsp3) is 0.533. The number of hydrogen-bond donors (Lipinski definition) is 3. The standard InChI is InChI=1S/C15H22O5/c1-4-6-13(14(18)20-5-2)15(3,19)10-7-11(16)9-12(17)8-10/h7-9,13,16-17,19H,4-6H2,1-3H3. The van der Waals surface area contributed by atoms with Gasteiger partial charge in [-0.25, -0.2) is 0 Å². The number of benzene rings is 1. The highest BCUT2D eigenvalue weighted by Gasteiger charge is 2.39. The summed E-state index contributed by atoms with van der Waals surface area (Å²) in [6, 6.07) is 3.84. The van der Waals surface area contributed by atoms with Crippen molar-refractivity contribution in [2.75, 3.05) is 6.61 Å².